The minimum Gasteiger partial charge on any atom is -0.381 e. The number of methoxy groups -OCH3 is 1. The Morgan fingerprint density at radius 3 is 2.47 bits per heavy atom. The molecule has 15 heavy (non-hydrogen) atoms. The van der Waals surface area contributed by atoms with Gasteiger partial charge in [0.2, 0.25) is 0 Å². The number of ether oxygens (including phenoxy) is 1. The molecule has 0 aromatic carbocycles. The van der Waals surface area contributed by atoms with Gasteiger partial charge in [0.15, 0.2) is 0 Å². The van der Waals surface area contributed by atoms with E-state index in [1.165, 1.54) is 30.8 Å². The van der Waals surface area contributed by atoms with Gasteiger partial charge in [0, 0.05) is 24.6 Å². The number of rotatable bonds is 3. The highest BCUT2D eigenvalue weighted by Crippen LogP contribution is 2.43. The molecule has 0 bridgehead atoms. The van der Waals surface area contributed by atoms with Crippen molar-refractivity contribution in [2.24, 2.45) is 5.41 Å². The fourth-order valence-electron chi connectivity index (χ4n) is 2.72. The van der Waals surface area contributed by atoms with E-state index >= 15 is 0 Å². The molecule has 0 aromatic heterocycles. The van der Waals surface area contributed by atoms with Crippen molar-refractivity contribution in [3.63, 3.8) is 0 Å². The van der Waals surface area contributed by atoms with Crippen LogP contribution in [0.5, 0.6) is 0 Å². The Kier molecular flexibility index (Phi) is 3.63. The van der Waals surface area contributed by atoms with Crippen molar-refractivity contribution >= 4 is 11.8 Å². The first-order valence-corrected chi connectivity index (χ1v) is 7.16. The number of nitrogens with one attached hydrogen (secondary N) is 1. The van der Waals surface area contributed by atoms with Crippen LogP contribution in [0.3, 0.4) is 0 Å². The zero-order valence-electron chi connectivity index (χ0n) is 10.1. The summed E-state index contributed by atoms with van der Waals surface area (Å²) in [4.78, 5) is 0. The van der Waals surface area contributed by atoms with Gasteiger partial charge in [0.25, 0.3) is 0 Å². The van der Waals surface area contributed by atoms with Gasteiger partial charge in [-0.2, -0.15) is 11.8 Å². The lowest BCUT2D eigenvalue weighted by Gasteiger charge is -2.52. The van der Waals surface area contributed by atoms with Gasteiger partial charge in [-0.15, -0.1) is 0 Å². The molecule has 1 aliphatic carbocycles. The third kappa shape index (κ3) is 2.34. The van der Waals surface area contributed by atoms with E-state index in [9.17, 15) is 0 Å². The first kappa shape index (κ1) is 11.7. The molecular weight excluding hydrogens is 206 g/mol. The predicted octanol–water partition coefficient (Wildman–Crippen LogP) is 2.29. The summed E-state index contributed by atoms with van der Waals surface area (Å²) < 4.78 is 5.48. The molecule has 2 rings (SSSR count). The average Bonchev–Trinajstić information content (AvgIpc) is 2.25. The van der Waals surface area contributed by atoms with Gasteiger partial charge in [-0.3, -0.25) is 0 Å². The van der Waals surface area contributed by atoms with Crippen LogP contribution in [0.25, 0.3) is 0 Å². The van der Waals surface area contributed by atoms with Gasteiger partial charge in [-0.05, 0) is 30.8 Å². The second-order valence-electron chi connectivity index (χ2n) is 5.39. The van der Waals surface area contributed by atoms with Crippen LogP contribution >= 0.6 is 11.8 Å². The smallest absolute Gasteiger partial charge is 0.0652 e. The molecule has 0 spiro atoms. The van der Waals surface area contributed by atoms with Crippen molar-refractivity contribution in [1.29, 1.82) is 0 Å². The molecule has 1 saturated carbocycles. The number of hydrogen-bond donors (Lipinski definition) is 1. The van der Waals surface area contributed by atoms with E-state index in [-0.39, 0.29) is 0 Å². The summed E-state index contributed by atoms with van der Waals surface area (Å²) >= 11 is 2.09. The van der Waals surface area contributed by atoms with Crippen LogP contribution in [-0.2, 0) is 4.74 Å². The Hall–Kier alpha value is 0.270. The monoisotopic (exact) mass is 229 g/mol. The molecule has 2 atom stereocenters. The van der Waals surface area contributed by atoms with Crippen LogP contribution in [-0.4, -0.2) is 36.8 Å². The SMILES string of the molecule is COC1CC(NC2CCSCC2)C1(C)C. The molecule has 1 N–H and O–H groups in total. The first-order chi connectivity index (χ1) is 7.14. The van der Waals surface area contributed by atoms with Crippen LogP contribution in [0.2, 0.25) is 0 Å². The molecule has 1 aliphatic heterocycles. The van der Waals surface area contributed by atoms with Gasteiger partial charge in [0.05, 0.1) is 6.10 Å². The Labute approximate surface area is 97.5 Å². The van der Waals surface area contributed by atoms with E-state index in [0.29, 0.717) is 17.6 Å². The van der Waals surface area contributed by atoms with E-state index in [1.807, 2.05) is 7.11 Å². The van der Waals surface area contributed by atoms with E-state index in [1.54, 1.807) is 0 Å². The van der Waals surface area contributed by atoms with Crippen LogP contribution in [0, 0.1) is 5.41 Å². The largest absolute Gasteiger partial charge is 0.381 e. The normalized spacial score (nSPS) is 36.2. The fourth-order valence-corrected chi connectivity index (χ4v) is 3.82. The third-order valence-electron chi connectivity index (χ3n) is 4.12. The van der Waals surface area contributed by atoms with Crippen LogP contribution < -0.4 is 5.32 Å². The molecule has 1 saturated heterocycles. The van der Waals surface area contributed by atoms with Gasteiger partial charge < -0.3 is 10.1 Å². The molecule has 88 valence electrons. The van der Waals surface area contributed by atoms with Crippen molar-refractivity contribution in [2.45, 2.75) is 51.3 Å². The topological polar surface area (TPSA) is 21.3 Å². The lowest BCUT2D eigenvalue weighted by atomic mass is 9.64. The third-order valence-corrected chi connectivity index (χ3v) is 5.17. The standard InChI is InChI=1S/C12H23NOS/c1-12(2)10(8-11(12)14-3)13-9-4-6-15-7-5-9/h9-11,13H,4-8H2,1-3H3. The molecule has 2 unspecified atom stereocenters. The second kappa shape index (κ2) is 4.64. The molecule has 1 heterocycles. The average molecular weight is 229 g/mol. The van der Waals surface area contributed by atoms with Gasteiger partial charge >= 0.3 is 0 Å². The molecule has 2 aliphatic rings. The maximum absolute atomic E-state index is 5.48. The highest BCUT2D eigenvalue weighted by Gasteiger charge is 2.48. The van der Waals surface area contributed by atoms with Gasteiger partial charge in [-0.1, -0.05) is 13.8 Å². The Morgan fingerprint density at radius 2 is 1.93 bits per heavy atom. The summed E-state index contributed by atoms with van der Waals surface area (Å²) in [7, 11) is 1.83. The first-order valence-electron chi connectivity index (χ1n) is 6.01. The zero-order chi connectivity index (χ0) is 10.9. The van der Waals surface area contributed by atoms with Crippen LogP contribution in [0.1, 0.15) is 33.1 Å². The van der Waals surface area contributed by atoms with Crippen molar-refractivity contribution in [1.82, 2.24) is 5.32 Å². The molecule has 2 fully saturated rings. The summed E-state index contributed by atoms with van der Waals surface area (Å²) in [5.41, 5.74) is 0.319. The van der Waals surface area contributed by atoms with Gasteiger partial charge in [-0.25, -0.2) is 0 Å². The maximum Gasteiger partial charge on any atom is 0.0652 e. The minimum atomic E-state index is 0.319. The number of thioether (sulfide) groups is 1. The molecule has 3 heteroatoms. The van der Waals surface area contributed by atoms with Crippen molar-refractivity contribution in [3.8, 4) is 0 Å². The van der Waals surface area contributed by atoms with E-state index in [0.717, 1.165) is 6.04 Å². The zero-order valence-corrected chi connectivity index (χ0v) is 10.9. The highest BCUT2D eigenvalue weighted by molar-refractivity contribution is 7.99. The molecule has 0 amide bonds. The summed E-state index contributed by atoms with van der Waals surface area (Å²) in [6, 6.07) is 1.42. The summed E-state index contributed by atoms with van der Waals surface area (Å²) in [6.45, 7) is 4.64. The fraction of sp³-hybridized carbons (Fsp3) is 1.00. The van der Waals surface area contributed by atoms with Crippen LogP contribution in [0.4, 0.5) is 0 Å². The molecule has 2 nitrogen and oxygen atoms in total. The van der Waals surface area contributed by atoms with Crippen molar-refractivity contribution < 1.29 is 4.74 Å². The van der Waals surface area contributed by atoms with Gasteiger partial charge in [0.1, 0.15) is 0 Å². The quantitative estimate of drug-likeness (QED) is 0.802. The lowest BCUT2D eigenvalue weighted by molar-refractivity contribution is -0.100. The Morgan fingerprint density at radius 1 is 1.27 bits per heavy atom. The minimum absolute atomic E-state index is 0.319. The van der Waals surface area contributed by atoms with E-state index in [2.05, 4.69) is 30.9 Å². The summed E-state index contributed by atoms with van der Waals surface area (Å²) in [6.07, 6.45) is 4.32. The highest BCUT2D eigenvalue weighted by atomic mass is 32.2. The van der Waals surface area contributed by atoms with E-state index < -0.39 is 0 Å². The Bertz CT molecular complexity index is 214. The second-order valence-corrected chi connectivity index (χ2v) is 6.61. The van der Waals surface area contributed by atoms with Crippen molar-refractivity contribution in [3.05, 3.63) is 0 Å². The molecule has 0 radical (unpaired) electrons. The van der Waals surface area contributed by atoms with E-state index in [4.69, 9.17) is 4.74 Å². The lowest BCUT2D eigenvalue weighted by Crippen LogP contribution is -2.62. The maximum atomic E-state index is 5.48. The molecule has 0 aromatic rings. The summed E-state index contributed by atoms with van der Waals surface area (Å²) in [5.74, 6) is 2.66. The molecular formula is C12H23NOS. The Balaban J connectivity index is 1.81. The predicted molar refractivity (Wildman–Crippen MR) is 66.5 cm³/mol. The van der Waals surface area contributed by atoms with Crippen molar-refractivity contribution in [2.75, 3.05) is 18.6 Å². The summed E-state index contributed by atoms with van der Waals surface area (Å²) in [5, 5.41) is 3.82. The number of hydrogen-bond acceptors (Lipinski definition) is 3. The van der Waals surface area contributed by atoms with Crippen LogP contribution in [0.15, 0.2) is 0 Å².